The number of benzene rings is 1. The highest BCUT2D eigenvalue weighted by atomic mass is 16.2. The van der Waals surface area contributed by atoms with Gasteiger partial charge in [-0.3, -0.25) is 4.79 Å². The molecule has 1 amide bonds. The molecule has 2 rings (SSSR count). The van der Waals surface area contributed by atoms with Crippen molar-refractivity contribution >= 4 is 5.91 Å². The van der Waals surface area contributed by atoms with Gasteiger partial charge in [0.1, 0.15) is 0 Å². The van der Waals surface area contributed by atoms with Crippen molar-refractivity contribution in [3.8, 4) is 6.07 Å². The maximum Gasteiger partial charge on any atom is 0.239 e. The number of carbonyl (C=O) groups is 1. The fourth-order valence-corrected chi connectivity index (χ4v) is 2.52. The zero-order valence-corrected chi connectivity index (χ0v) is 11.9. The highest BCUT2D eigenvalue weighted by molar-refractivity contribution is 5.81. The van der Waals surface area contributed by atoms with Crippen LogP contribution < -0.4 is 5.32 Å². The first-order valence-electron chi connectivity index (χ1n) is 7.19. The van der Waals surface area contributed by atoms with Crippen molar-refractivity contribution in [2.24, 2.45) is 0 Å². The Morgan fingerprint density at radius 3 is 2.60 bits per heavy atom. The van der Waals surface area contributed by atoms with E-state index >= 15 is 0 Å². The molecule has 1 fully saturated rings. The molecule has 0 saturated carbocycles. The zero-order chi connectivity index (χ0) is 14.4. The summed E-state index contributed by atoms with van der Waals surface area (Å²) in [5, 5.41) is 12.5. The molecule has 0 bridgehead atoms. The molecular weight excluding hydrogens is 250 g/mol. The van der Waals surface area contributed by atoms with Gasteiger partial charge in [-0.15, -0.1) is 0 Å². The van der Waals surface area contributed by atoms with E-state index < -0.39 is 0 Å². The summed E-state index contributed by atoms with van der Waals surface area (Å²) < 4.78 is 0. The molecular formula is C16H21N3O. The first kappa shape index (κ1) is 14.5. The quantitative estimate of drug-likeness (QED) is 0.890. The smallest absolute Gasteiger partial charge is 0.239 e. The van der Waals surface area contributed by atoms with Gasteiger partial charge < -0.3 is 10.2 Å². The molecule has 4 heteroatoms. The van der Waals surface area contributed by atoms with Crippen molar-refractivity contribution in [1.82, 2.24) is 10.2 Å². The largest absolute Gasteiger partial charge is 0.341 e. The minimum atomic E-state index is -0.229. The molecule has 0 spiro atoms. The highest BCUT2D eigenvalue weighted by Crippen LogP contribution is 2.14. The fraction of sp³-hybridized carbons (Fsp3) is 0.500. The second-order valence-corrected chi connectivity index (χ2v) is 5.25. The van der Waals surface area contributed by atoms with E-state index in [9.17, 15) is 10.1 Å². The highest BCUT2D eigenvalue weighted by Gasteiger charge is 2.23. The summed E-state index contributed by atoms with van der Waals surface area (Å²) in [6, 6.07) is 11.8. The van der Waals surface area contributed by atoms with E-state index in [1.54, 1.807) is 0 Å². The summed E-state index contributed by atoms with van der Waals surface area (Å²) in [5.74, 6) is -0.0720. The van der Waals surface area contributed by atoms with Crippen LogP contribution in [-0.2, 0) is 4.79 Å². The van der Waals surface area contributed by atoms with E-state index in [2.05, 4.69) is 11.4 Å². The second kappa shape index (κ2) is 7.06. The van der Waals surface area contributed by atoms with Gasteiger partial charge in [0, 0.05) is 19.6 Å². The monoisotopic (exact) mass is 271 g/mol. The summed E-state index contributed by atoms with van der Waals surface area (Å²) in [6.07, 6.45) is 2.20. The molecule has 0 aliphatic carbocycles. The predicted molar refractivity (Wildman–Crippen MR) is 78.1 cm³/mol. The van der Waals surface area contributed by atoms with Gasteiger partial charge in [-0.1, -0.05) is 30.3 Å². The average Bonchev–Trinajstić information content (AvgIpc) is 3.02. The Morgan fingerprint density at radius 1 is 1.35 bits per heavy atom. The summed E-state index contributed by atoms with van der Waals surface area (Å²) in [4.78, 5) is 14.1. The third kappa shape index (κ3) is 3.58. The van der Waals surface area contributed by atoms with Gasteiger partial charge in [-0.25, -0.2) is 0 Å². The Labute approximate surface area is 120 Å². The number of nitrogens with one attached hydrogen (secondary N) is 1. The van der Waals surface area contributed by atoms with Crippen LogP contribution in [0.3, 0.4) is 0 Å². The fourth-order valence-electron chi connectivity index (χ4n) is 2.52. The van der Waals surface area contributed by atoms with Gasteiger partial charge in [0.2, 0.25) is 5.91 Å². The molecule has 1 saturated heterocycles. The first-order valence-corrected chi connectivity index (χ1v) is 7.19. The third-order valence-electron chi connectivity index (χ3n) is 3.77. The lowest BCUT2D eigenvalue weighted by atomic mass is 10.0. The van der Waals surface area contributed by atoms with Gasteiger partial charge in [0.05, 0.1) is 18.0 Å². The molecule has 1 N–H and O–H groups in total. The van der Waals surface area contributed by atoms with E-state index in [4.69, 9.17) is 0 Å². The molecule has 1 heterocycles. The Morgan fingerprint density at radius 2 is 2.00 bits per heavy atom. The van der Waals surface area contributed by atoms with Crippen LogP contribution in [0.5, 0.6) is 0 Å². The molecule has 0 radical (unpaired) electrons. The minimum absolute atomic E-state index is 0.146. The molecule has 2 unspecified atom stereocenters. The van der Waals surface area contributed by atoms with Crippen LogP contribution in [0.2, 0.25) is 0 Å². The van der Waals surface area contributed by atoms with Crippen molar-refractivity contribution in [2.75, 3.05) is 19.6 Å². The number of hydrogen-bond acceptors (Lipinski definition) is 3. The van der Waals surface area contributed by atoms with E-state index in [1.807, 2.05) is 42.2 Å². The van der Waals surface area contributed by atoms with Crippen molar-refractivity contribution < 1.29 is 4.79 Å². The standard InChI is InChI=1S/C16H21N3O/c1-13(16(20)19-9-5-6-10-19)18-12-15(11-17)14-7-3-2-4-8-14/h2-4,7-8,13,15,18H,5-6,9-10,12H2,1H3. The molecule has 1 aromatic carbocycles. The number of nitriles is 1. The number of nitrogens with zero attached hydrogens (tertiary/aromatic N) is 2. The van der Waals surface area contributed by atoms with E-state index in [-0.39, 0.29) is 17.9 Å². The van der Waals surface area contributed by atoms with E-state index in [1.165, 1.54) is 0 Å². The maximum atomic E-state index is 12.2. The lowest BCUT2D eigenvalue weighted by Crippen LogP contribution is -2.44. The van der Waals surface area contributed by atoms with Gasteiger partial charge in [0.25, 0.3) is 0 Å². The molecule has 0 aromatic heterocycles. The van der Waals surface area contributed by atoms with Gasteiger partial charge in [-0.05, 0) is 25.3 Å². The topological polar surface area (TPSA) is 56.1 Å². The van der Waals surface area contributed by atoms with Crippen molar-refractivity contribution in [2.45, 2.75) is 31.7 Å². The number of hydrogen-bond donors (Lipinski definition) is 1. The van der Waals surface area contributed by atoms with Gasteiger partial charge >= 0.3 is 0 Å². The predicted octanol–water partition coefficient (Wildman–Crippen LogP) is 1.89. The second-order valence-electron chi connectivity index (χ2n) is 5.25. The van der Waals surface area contributed by atoms with Crippen LogP contribution in [0.15, 0.2) is 30.3 Å². The number of likely N-dealkylation sites (tertiary alicyclic amines) is 1. The molecule has 4 nitrogen and oxygen atoms in total. The summed E-state index contributed by atoms with van der Waals surface area (Å²) in [7, 11) is 0. The Balaban J connectivity index is 1.87. The first-order chi connectivity index (χ1) is 9.72. The number of carbonyl (C=O) groups excluding carboxylic acids is 1. The van der Waals surface area contributed by atoms with Crippen LogP contribution in [0, 0.1) is 11.3 Å². The van der Waals surface area contributed by atoms with E-state index in [0.29, 0.717) is 6.54 Å². The SMILES string of the molecule is CC(NCC(C#N)c1ccccc1)C(=O)N1CCCC1. The molecule has 1 aromatic rings. The van der Waals surface area contributed by atoms with E-state index in [0.717, 1.165) is 31.5 Å². The Kier molecular flexibility index (Phi) is 5.14. The maximum absolute atomic E-state index is 12.2. The average molecular weight is 271 g/mol. The van der Waals surface area contributed by atoms with Gasteiger partial charge in [0.15, 0.2) is 0 Å². The van der Waals surface area contributed by atoms with Crippen molar-refractivity contribution in [3.05, 3.63) is 35.9 Å². The number of rotatable bonds is 5. The normalized spacial score (nSPS) is 17.5. The van der Waals surface area contributed by atoms with Crippen LogP contribution >= 0.6 is 0 Å². The van der Waals surface area contributed by atoms with Crippen molar-refractivity contribution in [3.63, 3.8) is 0 Å². The minimum Gasteiger partial charge on any atom is -0.341 e. The third-order valence-corrected chi connectivity index (χ3v) is 3.77. The van der Waals surface area contributed by atoms with Crippen LogP contribution in [-0.4, -0.2) is 36.5 Å². The van der Waals surface area contributed by atoms with Gasteiger partial charge in [-0.2, -0.15) is 5.26 Å². The zero-order valence-electron chi connectivity index (χ0n) is 11.9. The van der Waals surface area contributed by atoms with Crippen molar-refractivity contribution in [1.29, 1.82) is 5.26 Å². The molecule has 2 atom stereocenters. The number of amides is 1. The lowest BCUT2D eigenvalue weighted by Gasteiger charge is -2.22. The Bertz CT molecular complexity index is 474. The summed E-state index contributed by atoms with van der Waals surface area (Å²) in [5.41, 5.74) is 0.989. The molecule has 106 valence electrons. The summed E-state index contributed by atoms with van der Waals surface area (Å²) in [6.45, 7) is 4.11. The lowest BCUT2D eigenvalue weighted by molar-refractivity contribution is -0.131. The summed E-state index contributed by atoms with van der Waals surface area (Å²) >= 11 is 0. The van der Waals surface area contributed by atoms with Crippen LogP contribution in [0.25, 0.3) is 0 Å². The van der Waals surface area contributed by atoms with Crippen LogP contribution in [0.4, 0.5) is 0 Å². The molecule has 1 aliphatic rings. The molecule has 1 aliphatic heterocycles. The molecule has 20 heavy (non-hydrogen) atoms. The Hall–Kier alpha value is -1.86. The van der Waals surface area contributed by atoms with Crippen LogP contribution in [0.1, 0.15) is 31.2 Å².